The van der Waals surface area contributed by atoms with E-state index in [9.17, 15) is 14.7 Å². The summed E-state index contributed by atoms with van der Waals surface area (Å²) in [6.07, 6.45) is -0.105. The zero-order valence-electron chi connectivity index (χ0n) is 39.0. The number of carbonyl (C=O) groups is 2. The van der Waals surface area contributed by atoms with Crippen LogP contribution in [0, 0.1) is 5.41 Å². The van der Waals surface area contributed by atoms with E-state index in [4.69, 9.17) is 30.4 Å². The Morgan fingerprint density at radius 3 is 2.03 bits per heavy atom. The number of ether oxygens (including phenoxy) is 3. The first-order valence-corrected chi connectivity index (χ1v) is 27.0. The summed E-state index contributed by atoms with van der Waals surface area (Å²) >= 11 is 6.03. The second-order valence-electron chi connectivity index (χ2n) is 19.4. The van der Waals surface area contributed by atoms with Gasteiger partial charge in [0.1, 0.15) is 17.4 Å². The van der Waals surface area contributed by atoms with E-state index in [-0.39, 0.29) is 19.1 Å². The Hall–Kier alpha value is -3.47. The number of aliphatic hydroxyl groups excluding tert-OH is 1. The molecule has 4 aromatic rings. The van der Waals surface area contributed by atoms with Crippen LogP contribution in [0.1, 0.15) is 106 Å². The summed E-state index contributed by atoms with van der Waals surface area (Å²) in [5, 5.41) is 15.5. The summed E-state index contributed by atoms with van der Waals surface area (Å²) in [5.74, 6) is 0.154. The van der Waals surface area contributed by atoms with Crippen molar-refractivity contribution in [3.63, 3.8) is 0 Å². The molecular weight excluding hydrogens is 808 g/mol. The van der Waals surface area contributed by atoms with Gasteiger partial charge in [0.2, 0.25) is 0 Å². The molecular formula is C48H71N2O7PSSi. The summed E-state index contributed by atoms with van der Waals surface area (Å²) in [4.78, 5) is 30.0. The maximum absolute atomic E-state index is 13.2. The van der Waals surface area contributed by atoms with E-state index in [1.165, 1.54) is 7.11 Å². The largest absolute Gasteiger partial charge is 0.543 e. The molecule has 0 saturated heterocycles. The molecule has 1 aromatic heterocycles. The summed E-state index contributed by atoms with van der Waals surface area (Å²) in [7, 11) is 0.624. The number of hydrogen-bond donors (Lipinski definition) is 3. The lowest BCUT2D eigenvalue weighted by Crippen LogP contribution is -2.50. The van der Waals surface area contributed by atoms with Crippen molar-refractivity contribution >= 4 is 54.4 Å². The highest BCUT2D eigenvalue weighted by Gasteiger charge is 2.47. The van der Waals surface area contributed by atoms with Gasteiger partial charge in [-0.15, -0.1) is 0 Å². The van der Waals surface area contributed by atoms with E-state index in [0.29, 0.717) is 23.0 Å². The fourth-order valence-corrected chi connectivity index (χ4v) is 15.0. The minimum atomic E-state index is -2.42. The Bertz CT molecular complexity index is 2180. The fraction of sp³-hybridized carbons (Fsp3) is 0.542. The van der Waals surface area contributed by atoms with Gasteiger partial charge in [-0.2, -0.15) is 0 Å². The van der Waals surface area contributed by atoms with Crippen LogP contribution in [0.3, 0.4) is 0 Å². The lowest BCUT2D eigenvalue weighted by molar-refractivity contribution is -0.143. The number of carbonyl (C=O) groups excluding carboxylic acids is 2. The predicted octanol–water partition coefficient (Wildman–Crippen LogP) is 11.3. The van der Waals surface area contributed by atoms with Crippen LogP contribution in [0.5, 0.6) is 5.75 Å². The third-order valence-corrected chi connectivity index (χ3v) is 19.8. The molecule has 3 aromatic carbocycles. The van der Waals surface area contributed by atoms with Crippen LogP contribution >= 0.6 is 6.04 Å². The fourth-order valence-electron chi connectivity index (χ4n) is 8.54. The first-order valence-electron chi connectivity index (χ1n) is 21.2. The Morgan fingerprint density at radius 1 is 0.867 bits per heavy atom. The van der Waals surface area contributed by atoms with Crippen LogP contribution in [0.25, 0.3) is 33.3 Å². The van der Waals surface area contributed by atoms with Crippen molar-refractivity contribution < 1.29 is 33.3 Å². The van der Waals surface area contributed by atoms with Gasteiger partial charge in [-0.25, -0.2) is 9.59 Å². The Kier molecular flexibility index (Phi) is 15.8. The summed E-state index contributed by atoms with van der Waals surface area (Å²) in [6, 6.07) is 16.3. The molecule has 0 aliphatic carbocycles. The maximum Gasteiger partial charge on any atom is 0.408 e. The van der Waals surface area contributed by atoms with E-state index < -0.39 is 43.5 Å². The van der Waals surface area contributed by atoms with Gasteiger partial charge in [0.15, 0.2) is 0 Å². The first kappa shape index (κ1) is 49.2. The zero-order chi connectivity index (χ0) is 45.1. The normalized spacial score (nSPS) is 13.9. The number of methoxy groups -OCH3 is 2. The molecule has 0 aliphatic heterocycles. The standard InChI is InChI=1S/C48H71N2O7PSSi/c1-29(2)60(30(3)4,31(5)6)57-36-22-33(23-43(45(52)55-14)50-46(53)56-47(8,9)10)21-35(24-36)34-17-20-42-39(25-34)41(27-48(11,12)28-51)44(49-42)40-26-37(58(15,16)59)18-19-38(40)32(7)54-13/h17-22,24-26,29-32,43,49,51H,23,27-28H2,1-16H3,(H,50,53)/t32-,43-/m0/s1. The Balaban J connectivity index is 2.02. The number of rotatable bonds is 17. The van der Waals surface area contributed by atoms with Gasteiger partial charge in [0.25, 0.3) is 8.32 Å². The number of amides is 1. The Labute approximate surface area is 365 Å². The van der Waals surface area contributed by atoms with Gasteiger partial charge in [-0.1, -0.05) is 91.5 Å². The van der Waals surface area contributed by atoms with Gasteiger partial charge in [-0.05, 0) is 139 Å². The third-order valence-electron chi connectivity index (χ3n) is 11.6. The number of alkyl carbamates (subject to hydrolysis) is 1. The number of hydrogen-bond acceptors (Lipinski definition) is 8. The highest BCUT2D eigenvalue weighted by molar-refractivity contribution is 8.17. The lowest BCUT2D eigenvalue weighted by atomic mass is 9.84. The van der Waals surface area contributed by atoms with Crippen molar-refractivity contribution in [3.8, 4) is 28.1 Å². The molecule has 9 nitrogen and oxygen atoms in total. The molecule has 3 N–H and O–H groups in total. The zero-order valence-corrected chi connectivity index (χ0v) is 41.7. The molecule has 0 saturated carbocycles. The number of esters is 1. The molecule has 0 radical (unpaired) electrons. The van der Waals surface area contributed by atoms with E-state index >= 15 is 0 Å². The molecule has 0 spiro atoms. The number of aliphatic hydroxyl groups is 1. The van der Waals surface area contributed by atoms with Crippen LogP contribution in [-0.2, 0) is 43.7 Å². The monoisotopic (exact) mass is 878 g/mol. The maximum atomic E-state index is 13.2. The van der Waals surface area contributed by atoms with Gasteiger partial charge in [0, 0.05) is 36.6 Å². The molecule has 330 valence electrons. The van der Waals surface area contributed by atoms with Gasteiger partial charge < -0.3 is 34.0 Å². The highest BCUT2D eigenvalue weighted by atomic mass is 32.4. The molecule has 0 fully saturated rings. The lowest BCUT2D eigenvalue weighted by Gasteiger charge is -2.42. The number of benzene rings is 3. The summed E-state index contributed by atoms with van der Waals surface area (Å²) < 4.78 is 23.9. The number of aromatic nitrogens is 1. The minimum Gasteiger partial charge on any atom is -0.543 e. The van der Waals surface area contributed by atoms with Crippen LogP contribution in [0.2, 0.25) is 16.6 Å². The van der Waals surface area contributed by atoms with Crippen molar-refractivity contribution in [2.45, 2.75) is 130 Å². The summed E-state index contributed by atoms with van der Waals surface area (Å²) in [5.41, 5.74) is 7.63. The Morgan fingerprint density at radius 2 is 1.50 bits per heavy atom. The molecule has 12 heteroatoms. The average Bonchev–Trinajstić information content (AvgIpc) is 3.50. The average molecular weight is 879 g/mol. The highest BCUT2D eigenvalue weighted by Crippen LogP contribution is 2.45. The summed E-state index contributed by atoms with van der Waals surface area (Å²) in [6.45, 7) is 29.4. The van der Waals surface area contributed by atoms with E-state index in [2.05, 4.69) is 134 Å². The predicted molar refractivity (Wildman–Crippen MR) is 255 cm³/mol. The van der Waals surface area contributed by atoms with Gasteiger partial charge in [-0.3, -0.25) is 0 Å². The number of nitrogens with one attached hydrogen (secondary N) is 2. The molecule has 60 heavy (non-hydrogen) atoms. The number of fused-ring (bicyclic) bond motifs is 1. The van der Waals surface area contributed by atoms with Crippen LogP contribution in [0.4, 0.5) is 4.79 Å². The topological polar surface area (TPSA) is 119 Å². The molecule has 2 atom stereocenters. The third kappa shape index (κ3) is 11.5. The van der Waals surface area contributed by atoms with Crippen LogP contribution < -0.4 is 15.0 Å². The SMILES string of the molecule is COC(=O)[C@H](Cc1cc(O[Si](C(C)C)(C(C)C)C(C)C)cc(-c2ccc3[nH]c(-c4cc(P(C)(C)=S)ccc4[C@H](C)OC)c(CC(C)(C)CO)c3c2)c1)NC(=O)OC(C)(C)C. The quantitative estimate of drug-likeness (QED) is 0.0545. The smallest absolute Gasteiger partial charge is 0.408 e. The van der Waals surface area contributed by atoms with Crippen LogP contribution in [-0.4, -0.2) is 76.3 Å². The van der Waals surface area contributed by atoms with Crippen molar-refractivity contribution in [3.05, 3.63) is 71.3 Å². The van der Waals surface area contributed by atoms with Crippen LogP contribution in [0.15, 0.2) is 54.6 Å². The number of aromatic amines is 1. The molecule has 4 rings (SSSR count). The van der Waals surface area contributed by atoms with Crippen molar-refractivity contribution in [2.24, 2.45) is 5.41 Å². The second kappa shape index (κ2) is 19.3. The van der Waals surface area contributed by atoms with E-state index in [0.717, 1.165) is 61.0 Å². The molecule has 0 bridgehead atoms. The second-order valence-corrected chi connectivity index (χ2v) is 30.8. The van der Waals surface area contributed by atoms with Gasteiger partial charge in [0.05, 0.1) is 18.9 Å². The molecule has 1 amide bonds. The van der Waals surface area contributed by atoms with Crippen molar-refractivity contribution in [1.82, 2.24) is 10.3 Å². The molecule has 0 aliphatic rings. The van der Waals surface area contributed by atoms with Crippen molar-refractivity contribution in [2.75, 3.05) is 34.2 Å². The first-order chi connectivity index (χ1) is 27.8. The minimum absolute atomic E-state index is 0.0134. The van der Waals surface area contributed by atoms with Crippen molar-refractivity contribution in [1.29, 1.82) is 0 Å². The van der Waals surface area contributed by atoms with Gasteiger partial charge >= 0.3 is 12.1 Å². The number of H-pyrrole nitrogens is 1. The van der Waals surface area contributed by atoms with E-state index in [1.807, 2.05) is 6.07 Å². The van der Waals surface area contributed by atoms with E-state index in [1.54, 1.807) is 27.9 Å². The molecule has 0 unspecified atom stereocenters. The molecule has 1 heterocycles.